The van der Waals surface area contributed by atoms with Gasteiger partial charge in [0.25, 0.3) is 5.91 Å². The Morgan fingerprint density at radius 3 is 2.63 bits per heavy atom. The molecule has 2 aromatic rings. The standard InChI is InChI=1S/C18H22N2O6S/c1-3-25-16-5-4-14(19-18(21)15-6-9-26-13(15)2)12-17(16)27(22,23)20-7-10-24-11-8-20/h4-6,9,12H,3,7-8,10-11H2,1-2H3,(H,19,21). The quantitative estimate of drug-likeness (QED) is 0.807. The summed E-state index contributed by atoms with van der Waals surface area (Å²) in [6.07, 6.45) is 1.43. The highest BCUT2D eigenvalue weighted by molar-refractivity contribution is 7.89. The second-order valence-corrected chi connectivity index (χ2v) is 7.86. The molecular weight excluding hydrogens is 372 g/mol. The van der Waals surface area contributed by atoms with Gasteiger partial charge in [0, 0.05) is 18.8 Å². The number of nitrogens with zero attached hydrogens (tertiary/aromatic N) is 1. The van der Waals surface area contributed by atoms with Gasteiger partial charge in [0.15, 0.2) is 0 Å². The molecule has 1 N–H and O–H groups in total. The molecule has 0 bridgehead atoms. The Hall–Kier alpha value is -2.36. The molecule has 0 unspecified atom stereocenters. The molecule has 1 aliphatic heterocycles. The fourth-order valence-electron chi connectivity index (χ4n) is 2.81. The van der Waals surface area contributed by atoms with Gasteiger partial charge in [-0.25, -0.2) is 8.42 Å². The van der Waals surface area contributed by atoms with E-state index >= 15 is 0 Å². The highest BCUT2D eigenvalue weighted by Crippen LogP contribution is 2.30. The molecule has 9 heteroatoms. The number of amides is 1. The Labute approximate surface area is 158 Å². The maximum absolute atomic E-state index is 13.1. The van der Waals surface area contributed by atoms with Gasteiger partial charge in [0.2, 0.25) is 10.0 Å². The van der Waals surface area contributed by atoms with Crippen molar-refractivity contribution in [3.05, 3.63) is 41.9 Å². The second kappa shape index (κ2) is 8.12. The van der Waals surface area contributed by atoms with Gasteiger partial charge in [0.05, 0.1) is 31.6 Å². The SMILES string of the molecule is CCOc1ccc(NC(=O)c2ccoc2C)cc1S(=O)(=O)N1CCOCC1. The molecule has 2 heterocycles. The van der Waals surface area contributed by atoms with E-state index in [0.29, 0.717) is 36.8 Å². The van der Waals surface area contributed by atoms with Gasteiger partial charge < -0.3 is 19.2 Å². The minimum Gasteiger partial charge on any atom is -0.492 e. The average molecular weight is 394 g/mol. The maximum atomic E-state index is 13.1. The number of anilines is 1. The maximum Gasteiger partial charge on any atom is 0.259 e. The van der Waals surface area contributed by atoms with Crippen LogP contribution >= 0.6 is 0 Å². The normalized spacial score (nSPS) is 15.5. The zero-order chi connectivity index (χ0) is 19.4. The fraction of sp³-hybridized carbons (Fsp3) is 0.389. The molecule has 0 radical (unpaired) electrons. The monoisotopic (exact) mass is 394 g/mol. The van der Waals surface area contributed by atoms with Gasteiger partial charge in [-0.05, 0) is 38.1 Å². The summed E-state index contributed by atoms with van der Waals surface area (Å²) >= 11 is 0. The smallest absolute Gasteiger partial charge is 0.259 e. The largest absolute Gasteiger partial charge is 0.492 e. The molecule has 3 rings (SSSR count). The summed E-state index contributed by atoms with van der Waals surface area (Å²) in [6.45, 7) is 5.03. The fourth-order valence-corrected chi connectivity index (χ4v) is 4.37. The topological polar surface area (TPSA) is 98.1 Å². The van der Waals surface area contributed by atoms with E-state index in [0.717, 1.165) is 0 Å². The van der Waals surface area contributed by atoms with Crippen LogP contribution in [0.4, 0.5) is 5.69 Å². The van der Waals surface area contributed by atoms with Crippen molar-refractivity contribution in [2.45, 2.75) is 18.7 Å². The van der Waals surface area contributed by atoms with Crippen molar-refractivity contribution in [2.75, 3.05) is 38.2 Å². The van der Waals surface area contributed by atoms with Crippen LogP contribution in [0.3, 0.4) is 0 Å². The predicted molar refractivity (Wildman–Crippen MR) is 98.6 cm³/mol. The van der Waals surface area contributed by atoms with Crippen molar-refractivity contribution in [2.24, 2.45) is 0 Å². The van der Waals surface area contributed by atoms with Crippen LogP contribution in [0, 0.1) is 6.92 Å². The number of hydrogen-bond acceptors (Lipinski definition) is 6. The van der Waals surface area contributed by atoms with Crippen molar-refractivity contribution in [3.63, 3.8) is 0 Å². The van der Waals surface area contributed by atoms with Crippen molar-refractivity contribution < 1.29 is 27.1 Å². The lowest BCUT2D eigenvalue weighted by atomic mass is 10.2. The van der Waals surface area contributed by atoms with Crippen LogP contribution < -0.4 is 10.1 Å². The molecule has 1 amide bonds. The molecule has 1 aromatic carbocycles. The number of ether oxygens (including phenoxy) is 2. The van der Waals surface area contributed by atoms with Crippen molar-refractivity contribution in [3.8, 4) is 5.75 Å². The van der Waals surface area contributed by atoms with Gasteiger partial charge in [-0.2, -0.15) is 4.31 Å². The van der Waals surface area contributed by atoms with Crippen molar-refractivity contribution in [1.82, 2.24) is 4.31 Å². The molecular formula is C18H22N2O6S. The predicted octanol–water partition coefficient (Wildman–Crippen LogP) is 2.26. The summed E-state index contributed by atoms with van der Waals surface area (Å²) in [6, 6.07) is 6.14. The number of carbonyl (C=O) groups is 1. The number of carbonyl (C=O) groups excluding carboxylic acids is 1. The van der Waals surface area contributed by atoms with E-state index in [1.54, 1.807) is 32.0 Å². The minimum absolute atomic E-state index is 0.0213. The minimum atomic E-state index is -3.78. The van der Waals surface area contributed by atoms with Crippen LogP contribution in [0.2, 0.25) is 0 Å². The average Bonchev–Trinajstić information content (AvgIpc) is 3.10. The zero-order valence-corrected chi connectivity index (χ0v) is 16.0. The number of nitrogens with one attached hydrogen (secondary N) is 1. The van der Waals surface area contributed by atoms with Crippen molar-refractivity contribution >= 4 is 21.6 Å². The molecule has 8 nitrogen and oxygen atoms in total. The van der Waals surface area contributed by atoms with Gasteiger partial charge >= 0.3 is 0 Å². The summed E-state index contributed by atoms with van der Waals surface area (Å²) < 4.78 is 43.4. The van der Waals surface area contributed by atoms with Gasteiger partial charge in [0.1, 0.15) is 16.4 Å². The first-order valence-corrected chi connectivity index (χ1v) is 10.1. The molecule has 146 valence electrons. The molecule has 27 heavy (non-hydrogen) atoms. The third kappa shape index (κ3) is 4.15. The number of morpholine rings is 1. The lowest BCUT2D eigenvalue weighted by molar-refractivity contribution is 0.0729. The molecule has 1 saturated heterocycles. The van der Waals surface area contributed by atoms with Crippen LogP contribution in [0.15, 0.2) is 39.8 Å². The van der Waals surface area contributed by atoms with Crippen LogP contribution in [0.1, 0.15) is 23.0 Å². The Morgan fingerprint density at radius 2 is 2.00 bits per heavy atom. The summed E-state index contributed by atoms with van der Waals surface area (Å²) in [4.78, 5) is 12.4. The van der Waals surface area contributed by atoms with Gasteiger partial charge in [-0.15, -0.1) is 0 Å². The molecule has 1 fully saturated rings. The molecule has 0 spiro atoms. The Morgan fingerprint density at radius 1 is 1.26 bits per heavy atom. The lowest BCUT2D eigenvalue weighted by Gasteiger charge is -2.27. The lowest BCUT2D eigenvalue weighted by Crippen LogP contribution is -2.40. The van der Waals surface area contributed by atoms with Crippen LogP contribution in [0.25, 0.3) is 0 Å². The Balaban J connectivity index is 1.93. The third-order valence-electron chi connectivity index (χ3n) is 4.19. The number of aryl methyl sites for hydroxylation is 1. The van der Waals surface area contributed by atoms with Crippen molar-refractivity contribution in [1.29, 1.82) is 0 Å². The van der Waals surface area contributed by atoms with E-state index < -0.39 is 10.0 Å². The van der Waals surface area contributed by atoms with E-state index in [9.17, 15) is 13.2 Å². The number of furan rings is 1. The van der Waals surface area contributed by atoms with Crippen LogP contribution in [-0.4, -0.2) is 51.5 Å². The van der Waals surface area contributed by atoms with E-state index in [1.807, 2.05) is 0 Å². The van der Waals surface area contributed by atoms with Gasteiger partial charge in [-0.3, -0.25) is 4.79 Å². The number of benzene rings is 1. The molecule has 0 aliphatic carbocycles. The van der Waals surface area contributed by atoms with Crippen LogP contribution in [0.5, 0.6) is 5.75 Å². The Kier molecular flexibility index (Phi) is 5.83. The summed E-state index contributed by atoms with van der Waals surface area (Å²) in [5.74, 6) is 0.362. The summed E-state index contributed by atoms with van der Waals surface area (Å²) in [5.41, 5.74) is 0.748. The highest BCUT2D eigenvalue weighted by Gasteiger charge is 2.30. The molecule has 0 atom stereocenters. The number of sulfonamides is 1. The van der Waals surface area contributed by atoms with E-state index in [4.69, 9.17) is 13.9 Å². The third-order valence-corrected chi connectivity index (χ3v) is 6.11. The first-order chi connectivity index (χ1) is 12.9. The second-order valence-electron chi connectivity index (χ2n) is 5.96. The van der Waals surface area contributed by atoms with Gasteiger partial charge in [-0.1, -0.05) is 0 Å². The Bertz CT molecular complexity index is 916. The van der Waals surface area contributed by atoms with E-state index in [-0.39, 0.29) is 29.6 Å². The summed E-state index contributed by atoms with van der Waals surface area (Å²) in [5, 5.41) is 2.71. The molecule has 1 aliphatic rings. The first kappa shape index (κ1) is 19.4. The first-order valence-electron chi connectivity index (χ1n) is 8.63. The van der Waals surface area contributed by atoms with Crippen LogP contribution in [-0.2, 0) is 14.8 Å². The number of rotatable bonds is 6. The molecule has 0 saturated carbocycles. The molecule has 1 aromatic heterocycles. The van der Waals surface area contributed by atoms with E-state index in [2.05, 4.69) is 5.32 Å². The number of hydrogen-bond donors (Lipinski definition) is 1. The zero-order valence-electron chi connectivity index (χ0n) is 15.2. The summed E-state index contributed by atoms with van der Waals surface area (Å²) in [7, 11) is -3.78. The van der Waals surface area contributed by atoms with E-state index in [1.165, 1.54) is 16.6 Å². The highest BCUT2D eigenvalue weighted by atomic mass is 32.2.